The van der Waals surface area contributed by atoms with Crippen LogP contribution in [0, 0.1) is 6.92 Å². The predicted molar refractivity (Wildman–Crippen MR) is 60.5 cm³/mol. The highest BCUT2D eigenvalue weighted by Gasteiger charge is 2.08. The van der Waals surface area contributed by atoms with E-state index in [1.54, 1.807) is 6.07 Å². The molecule has 5 nitrogen and oxygen atoms in total. The van der Waals surface area contributed by atoms with Crippen molar-refractivity contribution in [1.29, 1.82) is 0 Å². The summed E-state index contributed by atoms with van der Waals surface area (Å²) in [6, 6.07) is 1.78. The van der Waals surface area contributed by atoms with E-state index < -0.39 is 0 Å². The van der Waals surface area contributed by atoms with Gasteiger partial charge in [0.1, 0.15) is 4.83 Å². The first-order chi connectivity index (χ1) is 7.13. The molecule has 0 unspecified atom stereocenters. The first-order valence-corrected chi connectivity index (χ1v) is 5.38. The van der Waals surface area contributed by atoms with Crippen LogP contribution in [0.3, 0.4) is 0 Å². The Morgan fingerprint density at radius 2 is 2.27 bits per heavy atom. The number of aryl methyl sites for hydroxylation is 1. The van der Waals surface area contributed by atoms with Gasteiger partial charge >= 0.3 is 5.69 Å². The average Bonchev–Trinajstić information content (AvgIpc) is 2.53. The molecule has 0 atom stereocenters. The molecule has 3 N–H and O–H groups in total. The number of H-pyrrole nitrogens is 1. The molecule has 0 bridgehead atoms. The van der Waals surface area contributed by atoms with Crippen LogP contribution in [-0.4, -0.2) is 16.1 Å². The maximum atomic E-state index is 11.8. The third kappa shape index (κ3) is 1.62. The van der Waals surface area contributed by atoms with E-state index in [9.17, 15) is 9.59 Å². The summed E-state index contributed by atoms with van der Waals surface area (Å²) in [6.07, 6.45) is 0. The topological polar surface area (TPSA) is 80.9 Å². The minimum absolute atomic E-state index is 0.249. The minimum atomic E-state index is -0.389. The van der Waals surface area contributed by atoms with Crippen LogP contribution in [-0.2, 0) is 6.54 Å². The molecule has 0 fully saturated rings. The zero-order chi connectivity index (χ0) is 11.0. The van der Waals surface area contributed by atoms with Gasteiger partial charge in [-0.3, -0.25) is 14.3 Å². The van der Waals surface area contributed by atoms with Crippen LogP contribution >= 0.6 is 11.3 Å². The fourth-order valence-corrected chi connectivity index (χ4v) is 2.39. The van der Waals surface area contributed by atoms with Crippen molar-refractivity contribution < 1.29 is 0 Å². The Bertz CT molecular complexity index is 608. The van der Waals surface area contributed by atoms with Crippen molar-refractivity contribution in [3.05, 3.63) is 31.8 Å². The van der Waals surface area contributed by atoms with E-state index in [0.717, 1.165) is 9.44 Å². The Hall–Kier alpha value is -1.40. The molecule has 6 heteroatoms. The number of nitrogens with one attached hydrogen (secondary N) is 1. The summed E-state index contributed by atoms with van der Waals surface area (Å²) < 4.78 is 1.13. The number of rotatable bonds is 2. The Morgan fingerprint density at radius 3 is 2.93 bits per heavy atom. The quantitative estimate of drug-likeness (QED) is 0.756. The lowest BCUT2D eigenvalue weighted by atomic mass is 10.3. The van der Waals surface area contributed by atoms with Gasteiger partial charge < -0.3 is 5.73 Å². The van der Waals surface area contributed by atoms with Crippen LogP contribution in [0.25, 0.3) is 10.2 Å². The molecule has 15 heavy (non-hydrogen) atoms. The molecule has 0 radical (unpaired) electrons. The maximum Gasteiger partial charge on any atom is 0.329 e. The molecular formula is C9H11N3O2S. The summed E-state index contributed by atoms with van der Waals surface area (Å²) in [5.74, 6) is 0. The molecule has 0 aliphatic carbocycles. The number of hydrogen-bond donors (Lipinski definition) is 2. The first-order valence-electron chi connectivity index (χ1n) is 4.57. The van der Waals surface area contributed by atoms with Gasteiger partial charge in [-0.05, 0) is 13.0 Å². The van der Waals surface area contributed by atoms with Gasteiger partial charge in [-0.15, -0.1) is 11.3 Å². The normalized spacial score (nSPS) is 11.1. The van der Waals surface area contributed by atoms with Gasteiger partial charge in [0.05, 0.1) is 5.39 Å². The summed E-state index contributed by atoms with van der Waals surface area (Å²) in [5, 5.41) is 0.561. The fraction of sp³-hybridized carbons (Fsp3) is 0.333. The van der Waals surface area contributed by atoms with Gasteiger partial charge in [0.15, 0.2) is 0 Å². The predicted octanol–water partition coefficient (Wildman–Crippen LogP) is 0.0184. The molecule has 0 aliphatic heterocycles. The summed E-state index contributed by atoms with van der Waals surface area (Å²) in [4.78, 5) is 27.7. The van der Waals surface area contributed by atoms with Crippen molar-refractivity contribution in [1.82, 2.24) is 9.55 Å². The Morgan fingerprint density at radius 1 is 1.53 bits per heavy atom. The second-order valence-electron chi connectivity index (χ2n) is 3.28. The van der Waals surface area contributed by atoms with Crippen LogP contribution in [0.15, 0.2) is 15.7 Å². The van der Waals surface area contributed by atoms with Gasteiger partial charge in [-0.2, -0.15) is 0 Å². The minimum Gasteiger partial charge on any atom is -0.329 e. The highest BCUT2D eigenvalue weighted by molar-refractivity contribution is 7.18. The zero-order valence-electron chi connectivity index (χ0n) is 8.24. The molecular weight excluding hydrogens is 214 g/mol. The molecule has 80 valence electrons. The van der Waals surface area contributed by atoms with Crippen LogP contribution in [0.1, 0.15) is 4.88 Å². The number of nitrogens with two attached hydrogens (primary N) is 1. The van der Waals surface area contributed by atoms with Crippen LogP contribution in [0.2, 0.25) is 0 Å². The molecule has 2 heterocycles. The summed E-state index contributed by atoms with van der Waals surface area (Å²) in [7, 11) is 0. The molecule has 0 amide bonds. The van der Waals surface area contributed by atoms with Crippen LogP contribution in [0.4, 0.5) is 0 Å². The maximum absolute atomic E-state index is 11.8. The third-order valence-corrected chi connectivity index (χ3v) is 3.12. The summed E-state index contributed by atoms with van der Waals surface area (Å²) in [5.41, 5.74) is 4.69. The second kappa shape index (κ2) is 3.63. The van der Waals surface area contributed by atoms with Crippen molar-refractivity contribution in [3.63, 3.8) is 0 Å². The molecule has 2 rings (SSSR count). The van der Waals surface area contributed by atoms with Crippen LogP contribution < -0.4 is 17.0 Å². The lowest BCUT2D eigenvalue weighted by molar-refractivity contribution is 0.647. The van der Waals surface area contributed by atoms with Gasteiger partial charge in [0, 0.05) is 18.0 Å². The lowest BCUT2D eigenvalue weighted by Gasteiger charge is -2.00. The third-order valence-electron chi connectivity index (χ3n) is 2.15. The Balaban J connectivity index is 2.83. The summed E-state index contributed by atoms with van der Waals surface area (Å²) >= 11 is 1.41. The monoisotopic (exact) mass is 225 g/mol. The second-order valence-corrected chi connectivity index (χ2v) is 4.53. The number of nitrogens with zero attached hydrogens (tertiary/aromatic N) is 1. The van der Waals surface area contributed by atoms with Crippen LogP contribution in [0.5, 0.6) is 0 Å². The molecule has 2 aromatic heterocycles. The smallest absolute Gasteiger partial charge is 0.329 e. The van der Waals surface area contributed by atoms with Crippen molar-refractivity contribution in [3.8, 4) is 0 Å². The van der Waals surface area contributed by atoms with E-state index in [4.69, 9.17) is 5.73 Å². The SMILES string of the molecule is Cc1cc2c(=O)n(CCN)c(=O)[nH]c2s1. The fourth-order valence-electron chi connectivity index (χ4n) is 1.50. The lowest BCUT2D eigenvalue weighted by Crippen LogP contribution is -2.36. The van der Waals surface area contributed by atoms with Crippen molar-refractivity contribution in [2.75, 3.05) is 6.54 Å². The largest absolute Gasteiger partial charge is 0.329 e. The van der Waals surface area contributed by atoms with Gasteiger partial charge in [-0.1, -0.05) is 0 Å². The van der Waals surface area contributed by atoms with Crippen molar-refractivity contribution >= 4 is 21.6 Å². The first kappa shape index (κ1) is 10.1. The van der Waals surface area contributed by atoms with Crippen molar-refractivity contribution in [2.24, 2.45) is 5.73 Å². The molecule has 0 spiro atoms. The highest BCUT2D eigenvalue weighted by atomic mass is 32.1. The molecule has 0 aliphatic rings. The Labute approximate surface area is 89.2 Å². The number of aromatic nitrogens is 2. The van der Waals surface area contributed by atoms with E-state index in [-0.39, 0.29) is 24.3 Å². The molecule has 0 aromatic carbocycles. The van der Waals surface area contributed by atoms with E-state index >= 15 is 0 Å². The van der Waals surface area contributed by atoms with E-state index in [1.165, 1.54) is 11.3 Å². The standard InChI is InChI=1S/C9H11N3O2S/c1-5-4-6-7(15-5)11-9(14)12(3-2-10)8(6)13/h4H,2-3,10H2,1H3,(H,11,14). The number of hydrogen-bond acceptors (Lipinski definition) is 4. The number of aromatic amines is 1. The van der Waals surface area contributed by atoms with E-state index in [2.05, 4.69) is 4.98 Å². The number of thiophene rings is 1. The highest BCUT2D eigenvalue weighted by Crippen LogP contribution is 2.18. The van der Waals surface area contributed by atoms with Gasteiger partial charge in [-0.25, -0.2) is 4.79 Å². The Kier molecular flexibility index (Phi) is 2.45. The number of fused-ring (bicyclic) bond motifs is 1. The molecule has 0 saturated heterocycles. The van der Waals surface area contributed by atoms with Crippen molar-refractivity contribution in [2.45, 2.75) is 13.5 Å². The molecule has 2 aromatic rings. The van der Waals surface area contributed by atoms with E-state index in [0.29, 0.717) is 10.2 Å². The average molecular weight is 225 g/mol. The molecule has 0 saturated carbocycles. The zero-order valence-corrected chi connectivity index (χ0v) is 9.06. The summed E-state index contributed by atoms with van der Waals surface area (Å²) in [6.45, 7) is 2.42. The van der Waals surface area contributed by atoms with E-state index in [1.807, 2.05) is 6.92 Å². The van der Waals surface area contributed by atoms with Gasteiger partial charge in [0.2, 0.25) is 0 Å². The van der Waals surface area contributed by atoms with Gasteiger partial charge in [0.25, 0.3) is 5.56 Å².